The number of carbonyl (C=O) groups excluding carboxylic acids is 1. The number of hydrogen-bond acceptors (Lipinski definition) is 4. The van der Waals surface area contributed by atoms with Crippen molar-refractivity contribution in [2.75, 3.05) is 0 Å². The largest absolute Gasteiger partial charge is 0.439 e. The predicted molar refractivity (Wildman–Crippen MR) is 80.8 cm³/mol. The van der Waals surface area contributed by atoms with Crippen LogP contribution in [0.15, 0.2) is 28.8 Å². The molecule has 1 atom stereocenters. The topological polar surface area (TPSA) is 82.0 Å². The molecular formula is C16H21N3O2. The predicted octanol–water partition coefficient (Wildman–Crippen LogP) is 3.52. The Labute approximate surface area is 124 Å². The van der Waals surface area contributed by atoms with Gasteiger partial charge in [0.15, 0.2) is 5.69 Å². The van der Waals surface area contributed by atoms with Crippen molar-refractivity contribution >= 4 is 5.91 Å². The van der Waals surface area contributed by atoms with Gasteiger partial charge in [0.25, 0.3) is 5.91 Å². The molecule has 112 valence electrons. The molecule has 1 unspecified atom stereocenters. The van der Waals surface area contributed by atoms with Crippen LogP contribution in [0.1, 0.15) is 61.7 Å². The SMILES string of the molecule is CCCCC(CC)c1oc(-c2ccccn2)nc1C(N)=O. The molecule has 2 rings (SSSR count). The highest BCUT2D eigenvalue weighted by atomic mass is 16.4. The van der Waals surface area contributed by atoms with Gasteiger partial charge in [-0.25, -0.2) is 4.98 Å². The van der Waals surface area contributed by atoms with Crippen LogP contribution >= 0.6 is 0 Å². The van der Waals surface area contributed by atoms with Crippen LogP contribution in [0.2, 0.25) is 0 Å². The lowest BCUT2D eigenvalue weighted by Gasteiger charge is -2.11. The molecule has 0 fully saturated rings. The van der Waals surface area contributed by atoms with Crippen LogP contribution in [-0.4, -0.2) is 15.9 Å². The molecule has 1 amide bonds. The molecule has 0 spiro atoms. The highest BCUT2D eigenvalue weighted by molar-refractivity contribution is 5.92. The molecule has 2 aromatic heterocycles. The summed E-state index contributed by atoms with van der Waals surface area (Å²) in [5.74, 6) is 0.566. The summed E-state index contributed by atoms with van der Waals surface area (Å²) in [6.45, 7) is 4.22. The van der Waals surface area contributed by atoms with Crippen LogP contribution in [-0.2, 0) is 0 Å². The average molecular weight is 287 g/mol. The van der Waals surface area contributed by atoms with Crippen molar-refractivity contribution in [2.24, 2.45) is 5.73 Å². The second kappa shape index (κ2) is 7.02. The van der Waals surface area contributed by atoms with Gasteiger partial charge in [-0.05, 0) is 25.0 Å². The van der Waals surface area contributed by atoms with E-state index in [-0.39, 0.29) is 11.6 Å². The van der Waals surface area contributed by atoms with E-state index in [0.29, 0.717) is 17.3 Å². The number of amides is 1. The third kappa shape index (κ3) is 3.48. The molecule has 0 aliphatic heterocycles. The molecular weight excluding hydrogens is 266 g/mol. The minimum atomic E-state index is -0.550. The number of primary amides is 1. The van der Waals surface area contributed by atoms with Crippen LogP contribution in [0.25, 0.3) is 11.6 Å². The summed E-state index contributed by atoms with van der Waals surface area (Å²) in [7, 11) is 0. The molecule has 0 radical (unpaired) electrons. The number of oxazole rings is 1. The Balaban J connectivity index is 2.39. The van der Waals surface area contributed by atoms with E-state index in [9.17, 15) is 4.79 Å². The van der Waals surface area contributed by atoms with Crippen molar-refractivity contribution in [2.45, 2.75) is 45.4 Å². The van der Waals surface area contributed by atoms with Gasteiger partial charge in [0, 0.05) is 12.1 Å². The Kier molecular flexibility index (Phi) is 5.09. The molecule has 21 heavy (non-hydrogen) atoms. The van der Waals surface area contributed by atoms with Crippen LogP contribution < -0.4 is 5.73 Å². The summed E-state index contributed by atoms with van der Waals surface area (Å²) in [6.07, 6.45) is 5.69. The monoisotopic (exact) mass is 287 g/mol. The van der Waals surface area contributed by atoms with Gasteiger partial charge in [-0.2, -0.15) is 0 Å². The molecule has 2 aromatic rings. The standard InChI is InChI=1S/C16H21N3O2/c1-3-5-8-11(4-2)14-13(15(17)20)19-16(21-14)12-9-6-7-10-18-12/h6-7,9-11H,3-5,8H2,1-2H3,(H2,17,20). The van der Waals surface area contributed by atoms with Crippen LogP contribution in [0.5, 0.6) is 0 Å². The van der Waals surface area contributed by atoms with Gasteiger partial charge in [0.05, 0.1) is 0 Å². The Morgan fingerprint density at radius 1 is 1.38 bits per heavy atom. The van der Waals surface area contributed by atoms with E-state index < -0.39 is 5.91 Å². The number of rotatable bonds is 7. The molecule has 5 nitrogen and oxygen atoms in total. The Morgan fingerprint density at radius 2 is 2.19 bits per heavy atom. The lowest BCUT2D eigenvalue weighted by atomic mass is 9.95. The number of nitrogens with two attached hydrogens (primary N) is 1. The number of aromatic nitrogens is 2. The number of pyridine rings is 1. The first kappa shape index (κ1) is 15.2. The van der Waals surface area contributed by atoms with Gasteiger partial charge in [0.2, 0.25) is 5.89 Å². The smallest absolute Gasteiger partial charge is 0.270 e. The van der Waals surface area contributed by atoms with Crippen molar-refractivity contribution < 1.29 is 9.21 Å². The fraction of sp³-hybridized carbons (Fsp3) is 0.438. The van der Waals surface area contributed by atoms with Gasteiger partial charge in [-0.1, -0.05) is 32.8 Å². The zero-order valence-electron chi connectivity index (χ0n) is 12.5. The van der Waals surface area contributed by atoms with Crippen molar-refractivity contribution in [1.29, 1.82) is 0 Å². The summed E-state index contributed by atoms with van der Waals surface area (Å²) in [6, 6.07) is 5.47. The summed E-state index contributed by atoms with van der Waals surface area (Å²) in [4.78, 5) is 20.1. The van der Waals surface area contributed by atoms with E-state index in [4.69, 9.17) is 10.2 Å². The minimum absolute atomic E-state index is 0.164. The normalized spacial score (nSPS) is 12.3. The Bertz CT molecular complexity index is 593. The van der Waals surface area contributed by atoms with Crippen molar-refractivity contribution in [3.63, 3.8) is 0 Å². The maximum Gasteiger partial charge on any atom is 0.270 e. The second-order valence-electron chi connectivity index (χ2n) is 5.06. The van der Waals surface area contributed by atoms with Gasteiger partial charge < -0.3 is 10.2 Å². The lowest BCUT2D eigenvalue weighted by Crippen LogP contribution is -2.15. The van der Waals surface area contributed by atoms with Crippen molar-refractivity contribution in [3.8, 4) is 11.6 Å². The highest BCUT2D eigenvalue weighted by Crippen LogP contribution is 2.31. The number of nitrogens with zero attached hydrogens (tertiary/aromatic N) is 2. The van der Waals surface area contributed by atoms with Crippen LogP contribution in [0.3, 0.4) is 0 Å². The first-order valence-corrected chi connectivity index (χ1v) is 7.39. The van der Waals surface area contributed by atoms with E-state index in [1.54, 1.807) is 12.3 Å². The fourth-order valence-corrected chi connectivity index (χ4v) is 2.36. The van der Waals surface area contributed by atoms with Crippen LogP contribution in [0.4, 0.5) is 0 Å². The van der Waals surface area contributed by atoms with Gasteiger partial charge in [0.1, 0.15) is 11.5 Å². The molecule has 0 aliphatic carbocycles. The van der Waals surface area contributed by atoms with E-state index in [2.05, 4.69) is 23.8 Å². The fourth-order valence-electron chi connectivity index (χ4n) is 2.36. The minimum Gasteiger partial charge on any atom is -0.439 e. The van der Waals surface area contributed by atoms with Crippen molar-refractivity contribution in [3.05, 3.63) is 35.9 Å². The summed E-state index contributed by atoms with van der Waals surface area (Å²) in [5, 5.41) is 0. The third-order valence-corrected chi connectivity index (χ3v) is 3.54. The molecule has 0 aliphatic rings. The summed E-state index contributed by atoms with van der Waals surface area (Å²) < 4.78 is 5.84. The number of carbonyl (C=O) groups is 1. The van der Waals surface area contributed by atoms with Gasteiger partial charge in [-0.15, -0.1) is 0 Å². The maximum absolute atomic E-state index is 11.6. The van der Waals surface area contributed by atoms with Gasteiger partial charge >= 0.3 is 0 Å². The first-order chi connectivity index (χ1) is 10.2. The zero-order chi connectivity index (χ0) is 15.2. The summed E-state index contributed by atoms with van der Waals surface area (Å²) >= 11 is 0. The van der Waals surface area contributed by atoms with E-state index in [0.717, 1.165) is 25.7 Å². The highest BCUT2D eigenvalue weighted by Gasteiger charge is 2.25. The molecule has 2 heterocycles. The number of hydrogen-bond donors (Lipinski definition) is 1. The Hall–Kier alpha value is -2.17. The van der Waals surface area contributed by atoms with E-state index >= 15 is 0 Å². The molecule has 2 N–H and O–H groups in total. The number of unbranched alkanes of at least 4 members (excludes halogenated alkanes) is 1. The third-order valence-electron chi connectivity index (χ3n) is 3.54. The first-order valence-electron chi connectivity index (χ1n) is 7.39. The van der Waals surface area contributed by atoms with E-state index in [1.807, 2.05) is 12.1 Å². The second-order valence-corrected chi connectivity index (χ2v) is 5.06. The molecule has 0 aromatic carbocycles. The Morgan fingerprint density at radius 3 is 2.76 bits per heavy atom. The molecule has 0 bridgehead atoms. The van der Waals surface area contributed by atoms with Gasteiger partial charge in [-0.3, -0.25) is 9.78 Å². The lowest BCUT2D eigenvalue weighted by molar-refractivity contribution is 0.0993. The quantitative estimate of drug-likeness (QED) is 0.844. The molecule has 0 saturated carbocycles. The molecule has 5 heteroatoms. The molecule has 0 saturated heterocycles. The van der Waals surface area contributed by atoms with E-state index in [1.165, 1.54) is 0 Å². The zero-order valence-corrected chi connectivity index (χ0v) is 12.5. The average Bonchev–Trinajstić information content (AvgIpc) is 2.94. The van der Waals surface area contributed by atoms with Crippen molar-refractivity contribution in [1.82, 2.24) is 9.97 Å². The van der Waals surface area contributed by atoms with Crippen LogP contribution in [0, 0.1) is 0 Å². The summed E-state index contributed by atoms with van der Waals surface area (Å²) in [5.41, 5.74) is 6.29. The maximum atomic E-state index is 11.6.